The third-order valence-electron chi connectivity index (χ3n) is 3.95. The predicted octanol–water partition coefficient (Wildman–Crippen LogP) is 4.35. The van der Waals surface area contributed by atoms with Crippen LogP contribution in [0.4, 0.5) is 0 Å². The van der Waals surface area contributed by atoms with E-state index in [4.69, 9.17) is 11.6 Å². The standard InChI is InChI=1S/C17H16ClNO/c1-11-10-13(7-8-15(11)18)17(20)14-6-2-4-12-5-3-9-19-16(12)14/h3,5,7-10,14H,2,4,6H2,1H3. The molecule has 1 aliphatic carbocycles. The average molecular weight is 286 g/mol. The number of nitrogens with zero attached hydrogens (tertiary/aromatic N) is 1. The van der Waals surface area contributed by atoms with Gasteiger partial charge in [0.2, 0.25) is 0 Å². The zero-order valence-corrected chi connectivity index (χ0v) is 12.2. The number of aryl methyl sites for hydroxylation is 2. The van der Waals surface area contributed by atoms with Crippen LogP contribution >= 0.6 is 11.6 Å². The van der Waals surface area contributed by atoms with Gasteiger partial charge in [-0.15, -0.1) is 0 Å². The summed E-state index contributed by atoms with van der Waals surface area (Å²) in [6.45, 7) is 1.92. The van der Waals surface area contributed by atoms with Gasteiger partial charge in [-0.25, -0.2) is 0 Å². The molecule has 20 heavy (non-hydrogen) atoms. The lowest BCUT2D eigenvalue weighted by atomic mass is 9.82. The van der Waals surface area contributed by atoms with Crippen LogP contribution in [0.15, 0.2) is 36.5 Å². The average Bonchev–Trinajstić information content (AvgIpc) is 2.49. The zero-order chi connectivity index (χ0) is 14.1. The predicted molar refractivity (Wildman–Crippen MR) is 80.4 cm³/mol. The Morgan fingerprint density at radius 1 is 1.35 bits per heavy atom. The molecule has 1 atom stereocenters. The molecule has 0 bridgehead atoms. The van der Waals surface area contributed by atoms with Gasteiger partial charge < -0.3 is 0 Å². The first kappa shape index (κ1) is 13.3. The normalized spacial score (nSPS) is 17.6. The molecule has 0 aliphatic heterocycles. The van der Waals surface area contributed by atoms with Crippen LogP contribution in [0.3, 0.4) is 0 Å². The number of hydrogen-bond donors (Lipinski definition) is 0. The number of hydrogen-bond acceptors (Lipinski definition) is 2. The van der Waals surface area contributed by atoms with Crippen molar-refractivity contribution in [1.29, 1.82) is 0 Å². The van der Waals surface area contributed by atoms with Crippen molar-refractivity contribution in [1.82, 2.24) is 4.98 Å². The molecule has 0 saturated heterocycles. The van der Waals surface area contributed by atoms with E-state index in [2.05, 4.69) is 11.1 Å². The summed E-state index contributed by atoms with van der Waals surface area (Å²) in [6.07, 6.45) is 4.72. The van der Waals surface area contributed by atoms with Crippen LogP contribution in [0.2, 0.25) is 5.02 Å². The fraction of sp³-hybridized carbons (Fsp3) is 0.294. The molecule has 0 spiro atoms. The number of carbonyl (C=O) groups excluding carboxylic acids is 1. The molecular formula is C17H16ClNO. The van der Waals surface area contributed by atoms with Crippen LogP contribution in [0.1, 0.15) is 45.9 Å². The number of halogens is 1. The van der Waals surface area contributed by atoms with Gasteiger partial charge in [0.25, 0.3) is 0 Å². The first-order valence-electron chi connectivity index (χ1n) is 6.91. The van der Waals surface area contributed by atoms with E-state index < -0.39 is 0 Å². The molecule has 1 aliphatic rings. The second-order valence-corrected chi connectivity index (χ2v) is 5.73. The minimum absolute atomic E-state index is 0.111. The summed E-state index contributed by atoms with van der Waals surface area (Å²) in [5.41, 5.74) is 3.84. The van der Waals surface area contributed by atoms with Gasteiger partial charge >= 0.3 is 0 Å². The molecule has 0 amide bonds. The van der Waals surface area contributed by atoms with Gasteiger partial charge in [-0.2, -0.15) is 0 Å². The Morgan fingerprint density at radius 2 is 2.20 bits per heavy atom. The first-order valence-corrected chi connectivity index (χ1v) is 7.29. The highest BCUT2D eigenvalue weighted by atomic mass is 35.5. The van der Waals surface area contributed by atoms with E-state index in [1.54, 1.807) is 12.3 Å². The number of aromatic nitrogens is 1. The minimum atomic E-state index is -0.111. The van der Waals surface area contributed by atoms with Crippen molar-refractivity contribution in [2.75, 3.05) is 0 Å². The largest absolute Gasteiger partial charge is 0.293 e. The molecule has 1 aromatic heterocycles. The second-order valence-electron chi connectivity index (χ2n) is 5.32. The van der Waals surface area contributed by atoms with Crippen LogP contribution in [-0.2, 0) is 6.42 Å². The number of pyridine rings is 1. The molecule has 0 fully saturated rings. The number of ketones is 1. The SMILES string of the molecule is Cc1cc(C(=O)C2CCCc3cccnc32)ccc1Cl. The lowest BCUT2D eigenvalue weighted by Crippen LogP contribution is -2.20. The number of rotatable bonds is 2. The number of benzene rings is 1. The van der Waals surface area contributed by atoms with Gasteiger partial charge in [-0.05, 0) is 61.6 Å². The van der Waals surface area contributed by atoms with Crippen LogP contribution in [0.5, 0.6) is 0 Å². The molecule has 0 N–H and O–H groups in total. The lowest BCUT2D eigenvalue weighted by molar-refractivity contribution is 0.0949. The molecule has 2 aromatic rings. The minimum Gasteiger partial charge on any atom is -0.293 e. The molecule has 1 heterocycles. The Bertz CT molecular complexity index is 666. The Labute approximate surface area is 123 Å². The van der Waals surface area contributed by atoms with Crippen LogP contribution in [0, 0.1) is 6.92 Å². The Kier molecular flexibility index (Phi) is 3.58. The fourth-order valence-corrected chi connectivity index (χ4v) is 2.98. The van der Waals surface area contributed by atoms with Gasteiger partial charge in [-0.1, -0.05) is 17.7 Å². The van der Waals surface area contributed by atoms with Crippen molar-refractivity contribution in [2.24, 2.45) is 0 Å². The summed E-state index contributed by atoms with van der Waals surface area (Å²) < 4.78 is 0. The Morgan fingerprint density at radius 3 is 3.00 bits per heavy atom. The van der Waals surface area contributed by atoms with Crippen LogP contribution in [-0.4, -0.2) is 10.8 Å². The molecule has 0 radical (unpaired) electrons. The van der Waals surface area contributed by atoms with Crippen LogP contribution < -0.4 is 0 Å². The smallest absolute Gasteiger partial charge is 0.171 e. The number of fused-ring (bicyclic) bond motifs is 1. The monoisotopic (exact) mass is 285 g/mol. The number of carbonyl (C=O) groups is 1. The van der Waals surface area contributed by atoms with Gasteiger partial charge in [0, 0.05) is 16.8 Å². The zero-order valence-electron chi connectivity index (χ0n) is 11.4. The quantitative estimate of drug-likeness (QED) is 0.768. The fourth-order valence-electron chi connectivity index (χ4n) is 2.86. The third kappa shape index (κ3) is 2.36. The van der Waals surface area contributed by atoms with Crippen molar-refractivity contribution in [3.63, 3.8) is 0 Å². The van der Waals surface area contributed by atoms with E-state index >= 15 is 0 Å². The summed E-state index contributed by atoms with van der Waals surface area (Å²) >= 11 is 6.03. The number of Topliss-reactive ketones (excluding diaryl/α,β-unsaturated/α-hetero) is 1. The Balaban J connectivity index is 1.97. The molecule has 102 valence electrons. The van der Waals surface area contributed by atoms with Gasteiger partial charge in [0.1, 0.15) is 0 Å². The maximum absolute atomic E-state index is 12.7. The van der Waals surface area contributed by atoms with E-state index in [-0.39, 0.29) is 11.7 Å². The molecular weight excluding hydrogens is 270 g/mol. The van der Waals surface area contributed by atoms with Crippen LogP contribution in [0.25, 0.3) is 0 Å². The van der Waals surface area contributed by atoms with Crippen molar-refractivity contribution in [2.45, 2.75) is 32.1 Å². The highest BCUT2D eigenvalue weighted by Gasteiger charge is 2.28. The van der Waals surface area contributed by atoms with Crippen molar-refractivity contribution in [3.05, 3.63) is 63.9 Å². The molecule has 1 aromatic carbocycles. The topological polar surface area (TPSA) is 30.0 Å². The third-order valence-corrected chi connectivity index (χ3v) is 4.38. The van der Waals surface area contributed by atoms with E-state index in [0.29, 0.717) is 5.02 Å². The van der Waals surface area contributed by atoms with Gasteiger partial charge in [0.05, 0.1) is 11.6 Å². The maximum atomic E-state index is 12.7. The van der Waals surface area contributed by atoms with Crippen molar-refractivity contribution >= 4 is 17.4 Å². The second kappa shape index (κ2) is 5.37. The maximum Gasteiger partial charge on any atom is 0.171 e. The highest BCUT2D eigenvalue weighted by Crippen LogP contribution is 2.33. The van der Waals surface area contributed by atoms with E-state index in [9.17, 15) is 4.79 Å². The summed E-state index contributed by atoms with van der Waals surface area (Å²) in [4.78, 5) is 17.2. The summed E-state index contributed by atoms with van der Waals surface area (Å²) in [6, 6.07) is 9.51. The first-order chi connectivity index (χ1) is 9.66. The van der Waals surface area contributed by atoms with Gasteiger partial charge in [0.15, 0.2) is 5.78 Å². The Hall–Kier alpha value is -1.67. The summed E-state index contributed by atoms with van der Waals surface area (Å²) in [5, 5.41) is 0.698. The highest BCUT2D eigenvalue weighted by molar-refractivity contribution is 6.31. The van der Waals surface area contributed by atoms with Gasteiger partial charge in [-0.3, -0.25) is 9.78 Å². The van der Waals surface area contributed by atoms with E-state index in [0.717, 1.165) is 36.1 Å². The molecule has 0 saturated carbocycles. The van der Waals surface area contributed by atoms with Crippen molar-refractivity contribution in [3.8, 4) is 0 Å². The van der Waals surface area contributed by atoms with E-state index in [1.807, 2.05) is 25.1 Å². The lowest BCUT2D eigenvalue weighted by Gasteiger charge is -2.23. The van der Waals surface area contributed by atoms with E-state index in [1.165, 1.54) is 5.56 Å². The molecule has 3 rings (SSSR count). The molecule has 3 heteroatoms. The molecule has 1 unspecified atom stereocenters. The summed E-state index contributed by atoms with van der Waals surface area (Å²) in [5.74, 6) is 0.0462. The molecule has 2 nitrogen and oxygen atoms in total. The summed E-state index contributed by atoms with van der Waals surface area (Å²) in [7, 11) is 0. The van der Waals surface area contributed by atoms with Crippen molar-refractivity contribution < 1.29 is 4.79 Å².